The molecule has 50 heavy (non-hydrogen) atoms. The van der Waals surface area contributed by atoms with Gasteiger partial charge in [0, 0.05) is 54.9 Å². The highest BCUT2D eigenvalue weighted by Crippen LogP contribution is 2.48. The fourth-order valence-corrected chi connectivity index (χ4v) is 8.13. The van der Waals surface area contributed by atoms with Gasteiger partial charge in [0.05, 0.1) is 18.1 Å². The summed E-state index contributed by atoms with van der Waals surface area (Å²) in [5.74, 6) is 1.33. The van der Waals surface area contributed by atoms with Crippen molar-refractivity contribution >= 4 is 28.3 Å². The zero-order chi connectivity index (χ0) is 35.4. The summed E-state index contributed by atoms with van der Waals surface area (Å²) < 4.78 is 21.9. The minimum absolute atomic E-state index is 0.00360. The fraction of sp³-hybridized carbons (Fsp3) is 0.514. The summed E-state index contributed by atoms with van der Waals surface area (Å²) in [4.78, 5) is 32.2. The van der Waals surface area contributed by atoms with Crippen LogP contribution in [0.15, 0.2) is 39.5 Å². The maximum Gasteiger partial charge on any atom is 0.316 e. The van der Waals surface area contributed by atoms with Crippen LogP contribution in [0.4, 0.5) is 10.9 Å². The van der Waals surface area contributed by atoms with E-state index in [2.05, 4.69) is 51.1 Å². The van der Waals surface area contributed by atoms with Crippen molar-refractivity contribution in [2.45, 2.75) is 70.8 Å². The number of hydrogen-bond acceptors (Lipinski definition) is 15. The van der Waals surface area contributed by atoms with Crippen LogP contribution in [0.5, 0.6) is 5.88 Å². The molecule has 6 rings (SSSR count). The second-order valence-electron chi connectivity index (χ2n) is 13.4. The molecular weight excluding hydrogens is 659 g/mol. The van der Waals surface area contributed by atoms with Crippen molar-refractivity contribution < 1.29 is 23.3 Å². The number of carbonyl (C=O) groups excluding carboxylic acids is 1. The summed E-state index contributed by atoms with van der Waals surface area (Å²) in [5, 5.41) is 18.7. The Hall–Kier alpha value is -4.81. The number of nitrogens with zero attached hydrogens (tertiary/aromatic N) is 8. The van der Waals surface area contributed by atoms with Crippen LogP contribution in [0.3, 0.4) is 0 Å². The molecule has 1 aliphatic carbocycles. The Labute approximate surface area is 295 Å². The highest BCUT2D eigenvalue weighted by atomic mass is 32.1. The molecule has 4 aromatic heterocycles. The van der Waals surface area contributed by atoms with E-state index < -0.39 is 11.3 Å². The van der Waals surface area contributed by atoms with Gasteiger partial charge < -0.3 is 29.2 Å². The minimum Gasteiger partial charge on any atom is -0.471 e. The molecule has 0 radical (unpaired) electrons. The molecule has 4 aromatic rings. The van der Waals surface area contributed by atoms with Gasteiger partial charge >= 0.3 is 5.97 Å². The van der Waals surface area contributed by atoms with E-state index in [1.165, 1.54) is 18.4 Å². The molecule has 3 atom stereocenters. The molecule has 5 heterocycles. The third kappa shape index (κ3) is 7.08. The Morgan fingerprint density at radius 2 is 2.08 bits per heavy atom. The molecule has 1 unspecified atom stereocenters. The Kier molecular flexibility index (Phi) is 10.5. The van der Waals surface area contributed by atoms with E-state index in [1.807, 2.05) is 19.9 Å². The molecule has 1 saturated heterocycles. The summed E-state index contributed by atoms with van der Waals surface area (Å²) in [6, 6.07) is 5.89. The van der Waals surface area contributed by atoms with Crippen molar-refractivity contribution in [2.24, 2.45) is 5.92 Å². The number of fused-ring (bicyclic) bond motifs is 1. The standard InChI is InChI=1S/C35H43N9O5S/c1-21(2)28(32(45)46-5)25-18-27(41-48-25)47-17-7-6-14-43-15-9-16-44(22(3)20-43)34-38-13-11-24(39-34)31-40-33(49-42-31)35(4)12-8-10-26-29(35)23(19-36)30(37)50-26/h6-7,11,13,18,21-22,28H,8-10,12,14-17,20,37H2,1-5H3/b7-6+/t22-,28?,35-/m0/s1. The Morgan fingerprint density at radius 1 is 1.24 bits per heavy atom. The van der Waals surface area contributed by atoms with Crippen molar-refractivity contribution in [3.05, 3.63) is 58.1 Å². The number of ether oxygens (including phenoxy) is 2. The second-order valence-corrected chi connectivity index (χ2v) is 14.5. The van der Waals surface area contributed by atoms with Crippen LogP contribution in [0.2, 0.25) is 0 Å². The Morgan fingerprint density at radius 3 is 2.86 bits per heavy atom. The van der Waals surface area contributed by atoms with Crippen molar-refractivity contribution in [3.8, 4) is 23.5 Å². The number of hydrogen-bond donors (Lipinski definition) is 1. The maximum atomic E-state index is 12.1. The van der Waals surface area contributed by atoms with E-state index >= 15 is 0 Å². The van der Waals surface area contributed by atoms with Gasteiger partial charge in [-0.2, -0.15) is 10.2 Å². The first-order valence-electron chi connectivity index (χ1n) is 16.9. The molecule has 0 bridgehead atoms. The van der Waals surface area contributed by atoms with Gasteiger partial charge in [0.2, 0.25) is 17.7 Å². The summed E-state index contributed by atoms with van der Waals surface area (Å²) in [6.45, 7) is 11.7. The molecule has 0 aromatic carbocycles. The van der Waals surface area contributed by atoms with Crippen LogP contribution in [0.1, 0.15) is 80.5 Å². The first-order valence-corrected chi connectivity index (χ1v) is 17.7. The lowest BCUT2D eigenvalue weighted by Crippen LogP contribution is -2.40. The number of aryl methyl sites for hydroxylation is 1. The van der Waals surface area contributed by atoms with Crippen LogP contribution < -0.4 is 15.4 Å². The topological polar surface area (TPSA) is 183 Å². The number of anilines is 2. The number of rotatable bonds is 11. The number of carbonyl (C=O) groups is 1. The van der Waals surface area contributed by atoms with Crippen molar-refractivity contribution in [1.29, 1.82) is 5.26 Å². The number of nitrogen functional groups attached to an aromatic ring is 1. The summed E-state index contributed by atoms with van der Waals surface area (Å²) in [7, 11) is 1.36. The fourth-order valence-electron chi connectivity index (χ4n) is 6.94. The van der Waals surface area contributed by atoms with Gasteiger partial charge in [-0.05, 0) is 56.7 Å². The lowest BCUT2D eigenvalue weighted by Gasteiger charge is -2.30. The van der Waals surface area contributed by atoms with Gasteiger partial charge in [0.25, 0.3) is 5.88 Å². The summed E-state index contributed by atoms with van der Waals surface area (Å²) in [6.07, 6.45) is 9.33. The largest absolute Gasteiger partial charge is 0.471 e. The van der Waals surface area contributed by atoms with E-state index in [1.54, 1.807) is 18.3 Å². The third-order valence-corrected chi connectivity index (χ3v) is 10.6. The van der Waals surface area contributed by atoms with Crippen molar-refractivity contribution in [1.82, 2.24) is 30.2 Å². The molecule has 0 saturated carbocycles. The first kappa shape index (κ1) is 35.0. The van der Waals surface area contributed by atoms with Crippen LogP contribution >= 0.6 is 11.3 Å². The quantitative estimate of drug-likeness (QED) is 0.161. The average molecular weight is 702 g/mol. The van der Waals surface area contributed by atoms with E-state index in [-0.39, 0.29) is 17.9 Å². The van der Waals surface area contributed by atoms with Gasteiger partial charge in [0.1, 0.15) is 29.3 Å². The lowest BCUT2D eigenvalue weighted by molar-refractivity contribution is -0.144. The van der Waals surface area contributed by atoms with Crippen LogP contribution in [0.25, 0.3) is 11.5 Å². The highest BCUT2D eigenvalue weighted by molar-refractivity contribution is 7.16. The number of nitrogens with two attached hydrogens (primary N) is 1. The average Bonchev–Trinajstić information content (AvgIpc) is 3.83. The van der Waals surface area contributed by atoms with E-state index in [9.17, 15) is 10.1 Å². The predicted molar refractivity (Wildman–Crippen MR) is 187 cm³/mol. The second kappa shape index (κ2) is 15.0. The Bertz CT molecular complexity index is 1880. The van der Waals surface area contributed by atoms with Crippen LogP contribution in [-0.4, -0.2) is 82.1 Å². The van der Waals surface area contributed by atoms with Gasteiger partial charge in [0.15, 0.2) is 5.76 Å². The van der Waals surface area contributed by atoms with Crippen LogP contribution in [0, 0.1) is 17.2 Å². The molecule has 15 heteroatoms. The van der Waals surface area contributed by atoms with E-state index in [0.717, 1.165) is 62.3 Å². The number of nitriles is 1. The predicted octanol–water partition coefficient (Wildman–Crippen LogP) is 5.12. The number of aromatic nitrogens is 5. The van der Waals surface area contributed by atoms with E-state index in [0.29, 0.717) is 52.2 Å². The van der Waals surface area contributed by atoms with Crippen molar-refractivity contribution in [2.75, 3.05) is 50.5 Å². The van der Waals surface area contributed by atoms with Gasteiger partial charge in [-0.15, -0.1) is 11.3 Å². The SMILES string of the molecule is COC(=O)C(c1cc(OC/C=C/CN2CCCN(c3nccc(-c4noc([C@@]5(C)CCCc6sc(N)c(C#N)c65)n4)n3)[C@@H](C)C2)no1)C(C)C. The molecule has 264 valence electrons. The number of methoxy groups -OCH3 is 1. The van der Waals surface area contributed by atoms with E-state index in [4.69, 9.17) is 34.2 Å². The molecule has 1 aliphatic heterocycles. The highest BCUT2D eigenvalue weighted by Gasteiger charge is 2.43. The third-order valence-electron chi connectivity index (χ3n) is 9.50. The summed E-state index contributed by atoms with van der Waals surface area (Å²) >= 11 is 1.48. The van der Waals surface area contributed by atoms with Gasteiger partial charge in [-0.25, -0.2) is 9.97 Å². The molecule has 0 spiro atoms. The zero-order valence-electron chi connectivity index (χ0n) is 29.1. The molecule has 2 aliphatic rings. The lowest BCUT2D eigenvalue weighted by atomic mass is 9.72. The molecule has 0 amide bonds. The molecular formula is C35H43N9O5S. The van der Waals surface area contributed by atoms with Gasteiger partial charge in [-0.3, -0.25) is 9.69 Å². The minimum atomic E-state index is -0.598. The first-order chi connectivity index (χ1) is 24.1. The number of thiophene rings is 1. The monoisotopic (exact) mass is 701 g/mol. The van der Waals surface area contributed by atoms with Gasteiger partial charge in [-0.1, -0.05) is 31.2 Å². The smallest absolute Gasteiger partial charge is 0.316 e. The maximum absolute atomic E-state index is 12.1. The molecule has 1 fully saturated rings. The zero-order valence-corrected chi connectivity index (χ0v) is 29.9. The normalized spacial score (nSPS) is 20.4. The number of esters is 1. The Balaban J connectivity index is 1.06. The van der Waals surface area contributed by atoms with Crippen LogP contribution in [-0.2, 0) is 21.4 Å². The summed E-state index contributed by atoms with van der Waals surface area (Å²) in [5.41, 5.74) is 7.62. The van der Waals surface area contributed by atoms with Crippen molar-refractivity contribution in [3.63, 3.8) is 0 Å². The molecule has 14 nitrogen and oxygen atoms in total. The molecule has 2 N–H and O–H groups in total.